The molecule has 1 fully saturated rings. The molecule has 1 aromatic heterocycles. The first kappa shape index (κ1) is 18.9. The first-order chi connectivity index (χ1) is 14.1. The lowest BCUT2D eigenvalue weighted by molar-refractivity contribution is -0.124. The van der Waals surface area contributed by atoms with E-state index in [-0.39, 0.29) is 18.2 Å². The molecule has 5 nitrogen and oxygen atoms in total. The number of aryl methyl sites for hydroxylation is 1. The number of nitrogens with zero attached hydrogens (tertiary/aromatic N) is 3. The first-order valence-electron chi connectivity index (χ1n) is 9.76. The summed E-state index contributed by atoms with van der Waals surface area (Å²) in [6.07, 6.45) is 1.89. The molecule has 2 aromatic carbocycles. The predicted octanol–water partition coefficient (Wildman–Crippen LogP) is 3.98. The van der Waals surface area contributed by atoms with Gasteiger partial charge in [-0.3, -0.25) is 14.5 Å². The van der Waals surface area contributed by atoms with Crippen LogP contribution in [0, 0.1) is 12.8 Å². The first-order valence-corrected chi connectivity index (χ1v) is 9.76. The van der Waals surface area contributed by atoms with Crippen molar-refractivity contribution in [2.24, 2.45) is 5.92 Å². The maximum Gasteiger partial charge on any atom is 0.233 e. The Morgan fingerprint density at radius 1 is 1.03 bits per heavy atom. The molecule has 0 N–H and O–H groups in total. The highest BCUT2D eigenvalue weighted by Crippen LogP contribution is 2.30. The Balaban J connectivity index is 1.59. The zero-order chi connectivity index (χ0) is 20.2. The van der Waals surface area contributed by atoms with Crippen LogP contribution in [0.5, 0.6) is 0 Å². The fourth-order valence-corrected chi connectivity index (χ4v) is 3.74. The lowest BCUT2D eigenvalue weighted by Crippen LogP contribution is -2.37. The molecular formula is C24H23N3O2. The van der Waals surface area contributed by atoms with Crippen molar-refractivity contribution < 1.29 is 9.59 Å². The highest BCUT2D eigenvalue weighted by molar-refractivity contribution is 6.04. The third-order valence-electron chi connectivity index (χ3n) is 5.26. The highest BCUT2D eigenvalue weighted by atomic mass is 16.2. The molecule has 1 saturated heterocycles. The van der Waals surface area contributed by atoms with E-state index in [1.165, 1.54) is 0 Å². The maximum absolute atomic E-state index is 13.5. The summed E-state index contributed by atoms with van der Waals surface area (Å²) in [6.45, 7) is 2.79. The second kappa shape index (κ2) is 8.27. The van der Waals surface area contributed by atoms with Crippen molar-refractivity contribution in [1.29, 1.82) is 0 Å². The van der Waals surface area contributed by atoms with Crippen LogP contribution in [0.1, 0.15) is 17.5 Å². The number of benzene rings is 2. The number of aromatic nitrogens is 1. The largest absolute Gasteiger partial charge is 0.311 e. The average molecular weight is 385 g/mol. The average Bonchev–Trinajstić information content (AvgIpc) is 3.15. The molecule has 0 radical (unpaired) electrons. The molecule has 1 unspecified atom stereocenters. The van der Waals surface area contributed by atoms with Gasteiger partial charge in [-0.15, -0.1) is 0 Å². The second-order valence-electron chi connectivity index (χ2n) is 7.29. The van der Waals surface area contributed by atoms with E-state index in [2.05, 4.69) is 4.98 Å². The normalized spacial score (nSPS) is 16.1. The van der Waals surface area contributed by atoms with Gasteiger partial charge in [0.2, 0.25) is 11.8 Å². The van der Waals surface area contributed by atoms with E-state index < -0.39 is 5.92 Å². The standard InChI is InChI=1S/C24H23N3O2/c1-18-9-5-6-12-21(18)26-17-20(15-23(26)28)24(29)27(22-13-7-8-14-25-22)16-19-10-3-2-4-11-19/h2-14,20H,15-17H2,1H3. The molecule has 0 aliphatic carbocycles. The van der Waals surface area contributed by atoms with Gasteiger partial charge in [0.15, 0.2) is 0 Å². The Labute approximate surface area is 170 Å². The molecule has 1 atom stereocenters. The fraction of sp³-hybridized carbons (Fsp3) is 0.208. The third kappa shape index (κ3) is 4.04. The molecule has 0 spiro atoms. The summed E-state index contributed by atoms with van der Waals surface area (Å²) >= 11 is 0. The van der Waals surface area contributed by atoms with Crippen molar-refractivity contribution in [3.63, 3.8) is 0 Å². The predicted molar refractivity (Wildman–Crippen MR) is 114 cm³/mol. The molecule has 5 heteroatoms. The van der Waals surface area contributed by atoms with Crippen molar-refractivity contribution in [1.82, 2.24) is 4.98 Å². The number of amides is 2. The van der Waals surface area contributed by atoms with E-state index in [9.17, 15) is 9.59 Å². The molecule has 4 rings (SSSR count). The number of carbonyl (C=O) groups excluding carboxylic acids is 2. The van der Waals surface area contributed by atoms with Gasteiger partial charge in [-0.25, -0.2) is 4.98 Å². The summed E-state index contributed by atoms with van der Waals surface area (Å²) in [6, 6.07) is 23.1. The SMILES string of the molecule is Cc1ccccc1N1CC(C(=O)N(Cc2ccccc2)c2ccccn2)CC1=O. The molecule has 2 amide bonds. The van der Waals surface area contributed by atoms with Gasteiger partial charge in [-0.05, 0) is 36.2 Å². The highest BCUT2D eigenvalue weighted by Gasteiger charge is 2.38. The van der Waals surface area contributed by atoms with Crippen molar-refractivity contribution in [3.8, 4) is 0 Å². The van der Waals surface area contributed by atoms with Crippen LogP contribution in [0.3, 0.4) is 0 Å². The third-order valence-corrected chi connectivity index (χ3v) is 5.26. The molecule has 146 valence electrons. The number of pyridine rings is 1. The Morgan fingerprint density at radius 3 is 2.48 bits per heavy atom. The van der Waals surface area contributed by atoms with Gasteiger partial charge >= 0.3 is 0 Å². The molecule has 0 saturated carbocycles. The fourth-order valence-electron chi connectivity index (χ4n) is 3.74. The quantitative estimate of drug-likeness (QED) is 0.668. The van der Waals surface area contributed by atoms with E-state index in [1.54, 1.807) is 16.0 Å². The van der Waals surface area contributed by atoms with E-state index in [1.807, 2.05) is 79.7 Å². The summed E-state index contributed by atoms with van der Waals surface area (Å²) in [5, 5.41) is 0. The number of carbonyl (C=O) groups is 2. The topological polar surface area (TPSA) is 53.5 Å². The number of anilines is 2. The number of para-hydroxylation sites is 1. The minimum absolute atomic E-state index is 0.0154. The Bertz CT molecular complexity index is 1000. The maximum atomic E-state index is 13.5. The van der Waals surface area contributed by atoms with E-state index in [0.29, 0.717) is 18.9 Å². The monoisotopic (exact) mass is 385 g/mol. The molecule has 2 heterocycles. The van der Waals surface area contributed by atoms with Crippen molar-refractivity contribution >= 4 is 23.3 Å². The van der Waals surface area contributed by atoms with Crippen LogP contribution in [0.15, 0.2) is 79.0 Å². The number of hydrogen-bond donors (Lipinski definition) is 0. The van der Waals surface area contributed by atoms with Crippen LogP contribution >= 0.6 is 0 Å². The summed E-state index contributed by atoms with van der Waals surface area (Å²) < 4.78 is 0. The molecule has 0 bridgehead atoms. The van der Waals surface area contributed by atoms with Gasteiger partial charge < -0.3 is 4.90 Å². The van der Waals surface area contributed by atoms with Crippen LogP contribution in [0.4, 0.5) is 11.5 Å². The minimum Gasteiger partial charge on any atom is -0.311 e. The van der Waals surface area contributed by atoms with Crippen LogP contribution in [0.25, 0.3) is 0 Å². The van der Waals surface area contributed by atoms with Crippen LogP contribution in [0.2, 0.25) is 0 Å². The molecule has 1 aliphatic rings. The Kier molecular flexibility index (Phi) is 5.38. The van der Waals surface area contributed by atoms with Crippen LogP contribution in [-0.2, 0) is 16.1 Å². The molecular weight excluding hydrogens is 362 g/mol. The summed E-state index contributed by atoms with van der Waals surface area (Å²) in [7, 11) is 0. The van der Waals surface area contributed by atoms with Crippen molar-refractivity contribution in [2.45, 2.75) is 19.9 Å². The number of hydrogen-bond acceptors (Lipinski definition) is 3. The molecule has 29 heavy (non-hydrogen) atoms. The Morgan fingerprint density at radius 2 is 1.76 bits per heavy atom. The summed E-state index contributed by atoms with van der Waals surface area (Å²) in [5.74, 6) is 0.117. The zero-order valence-corrected chi connectivity index (χ0v) is 16.4. The Hall–Kier alpha value is -3.47. The van der Waals surface area contributed by atoms with Crippen LogP contribution < -0.4 is 9.80 Å². The van der Waals surface area contributed by atoms with Gasteiger partial charge in [0.1, 0.15) is 5.82 Å². The van der Waals surface area contributed by atoms with Crippen LogP contribution in [-0.4, -0.2) is 23.3 Å². The van der Waals surface area contributed by atoms with Gasteiger partial charge in [0.25, 0.3) is 0 Å². The van der Waals surface area contributed by atoms with E-state index in [0.717, 1.165) is 16.8 Å². The van der Waals surface area contributed by atoms with Gasteiger partial charge in [-0.2, -0.15) is 0 Å². The smallest absolute Gasteiger partial charge is 0.233 e. The van der Waals surface area contributed by atoms with Gasteiger partial charge in [0.05, 0.1) is 12.5 Å². The summed E-state index contributed by atoms with van der Waals surface area (Å²) in [4.78, 5) is 34.0. The van der Waals surface area contributed by atoms with Gasteiger partial charge in [0, 0.05) is 24.8 Å². The minimum atomic E-state index is -0.396. The molecule has 1 aliphatic heterocycles. The van der Waals surface area contributed by atoms with Crippen molar-refractivity contribution in [3.05, 3.63) is 90.1 Å². The molecule has 3 aromatic rings. The zero-order valence-electron chi connectivity index (χ0n) is 16.4. The lowest BCUT2D eigenvalue weighted by atomic mass is 10.1. The number of rotatable bonds is 5. The van der Waals surface area contributed by atoms with Crippen molar-refractivity contribution in [2.75, 3.05) is 16.3 Å². The van der Waals surface area contributed by atoms with E-state index >= 15 is 0 Å². The summed E-state index contributed by atoms with van der Waals surface area (Å²) in [5.41, 5.74) is 2.92. The lowest BCUT2D eigenvalue weighted by Gasteiger charge is -2.25. The van der Waals surface area contributed by atoms with Gasteiger partial charge in [-0.1, -0.05) is 54.6 Å². The second-order valence-corrected chi connectivity index (χ2v) is 7.29. The van der Waals surface area contributed by atoms with E-state index in [4.69, 9.17) is 0 Å².